The van der Waals surface area contributed by atoms with Gasteiger partial charge in [-0.15, -0.1) is 0 Å². The molecule has 3 rings (SSSR count). The van der Waals surface area contributed by atoms with Crippen molar-refractivity contribution in [2.75, 3.05) is 0 Å². The Hall–Kier alpha value is -1.20. The van der Waals surface area contributed by atoms with Crippen LogP contribution in [0.3, 0.4) is 0 Å². The fraction of sp³-hybridized carbons (Fsp3) is 0.562. The van der Waals surface area contributed by atoms with Crippen molar-refractivity contribution in [1.29, 1.82) is 0 Å². The number of nitrogens with zero attached hydrogens (tertiary/aromatic N) is 1. The summed E-state index contributed by atoms with van der Waals surface area (Å²) in [6.07, 6.45) is 5.25. The van der Waals surface area contributed by atoms with Crippen LogP contribution in [0.5, 0.6) is 0 Å². The van der Waals surface area contributed by atoms with Gasteiger partial charge in [-0.3, -0.25) is 0 Å². The van der Waals surface area contributed by atoms with Crippen LogP contribution in [-0.4, -0.2) is 31.1 Å². The second kappa shape index (κ2) is 5.54. The Morgan fingerprint density at radius 1 is 1.10 bits per heavy atom. The first-order valence-corrected chi connectivity index (χ1v) is 9.03. The molecule has 0 radical (unpaired) electrons. The number of rotatable bonds is 3. The lowest BCUT2D eigenvalue weighted by molar-refractivity contribution is -0.112. The van der Waals surface area contributed by atoms with Gasteiger partial charge in [0.2, 0.25) is 10.0 Å². The van der Waals surface area contributed by atoms with Crippen LogP contribution < -0.4 is 0 Å². The largest absolute Gasteiger partial charge is 0.303 e. The Labute approximate surface area is 126 Å². The summed E-state index contributed by atoms with van der Waals surface area (Å²) in [5, 5.41) is 0. The third-order valence-corrected chi connectivity index (χ3v) is 6.81. The Bertz CT molecular complexity index is 623. The molecule has 2 saturated heterocycles. The SMILES string of the molecule is Cc1ccc(S(=O)(=O)N2C3CCCC(C=O)C2CC3)cc1. The van der Waals surface area contributed by atoms with Gasteiger partial charge in [0, 0.05) is 18.0 Å². The Balaban J connectivity index is 2.00. The van der Waals surface area contributed by atoms with E-state index in [0.29, 0.717) is 4.90 Å². The van der Waals surface area contributed by atoms with Gasteiger partial charge >= 0.3 is 0 Å². The fourth-order valence-electron chi connectivity index (χ4n) is 3.71. The summed E-state index contributed by atoms with van der Waals surface area (Å²) in [5.74, 6) is -0.155. The maximum Gasteiger partial charge on any atom is 0.243 e. The minimum absolute atomic E-state index is 0.0613. The van der Waals surface area contributed by atoms with Gasteiger partial charge in [-0.1, -0.05) is 24.1 Å². The van der Waals surface area contributed by atoms with Gasteiger partial charge in [-0.05, 0) is 44.7 Å². The van der Waals surface area contributed by atoms with Crippen molar-refractivity contribution in [3.8, 4) is 0 Å². The van der Waals surface area contributed by atoms with Crippen molar-refractivity contribution in [2.45, 2.75) is 56.0 Å². The van der Waals surface area contributed by atoms with Crippen molar-refractivity contribution < 1.29 is 13.2 Å². The summed E-state index contributed by atoms with van der Waals surface area (Å²) < 4.78 is 27.6. The van der Waals surface area contributed by atoms with Crippen LogP contribution in [0.25, 0.3) is 0 Å². The molecule has 21 heavy (non-hydrogen) atoms. The van der Waals surface area contributed by atoms with Crippen LogP contribution in [0.4, 0.5) is 0 Å². The molecule has 0 spiro atoms. The number of fused-ring (bicyclic) bond motifs is 2. The Morgan fingerprint density at radius 2 is 1.81 bits per heavy atom. The first-order valence-electron chi connectivity index (χ1n) is 7.59. The fourth-order valence-corrected chi connectivity index (χ4v) is 5.65. The van der Waals surface area contributed by atoms with E-state index in [-0.39, 0.29) is 18.0 Å². The number of aldehydes is 1. The molecule has 1 aromatic carbocycles. The first kappa shape index (κ1) is 14.7. The number of sulfonamides is 1. The molecule has 2 fully saturated rings. The Kier molecular flexibility index (Phi) is 3.88. The lowest BCUT2D eigenvalue weighted by Crippen LogP contribution is -2.43. The van der Waals surface area contributed by atoms with Gasteiger partial charge in [0.05, 0.1) is 4.90 Å². The zero-order chi connectivity index (χ0) is 15.0. The van der Waals surface area contributed by atoms with Crippen LogP contribution >= 0.6 is 0 Å². The molecule has 2 heterocycles. The summed E-state index contributed by atoms with van der Waals surface area (Å²) in [6.45, 7) is 1.94. The molecule has 4 nitrogen and oxygen atoms in total. The van der Waals surface area contributed by atoms with Crippen LogP contribution in [0, 0.1) is 12.8 Å². The van der Waals surface area contributed by atoms with Gasteiger partial charge in [-0.25, -0.2) is 8.42 Å². The average molecular weight is 307 g/mol. The number of hydrogen-bond acceptors (Lipinski definition) is 3. The summed E-state index contributed by atoms with van der Waals surface area (Å²) >= 11 is 0. The lowest BCUT2D eigenvalue weighted by atomic mass is 9.92. The standard InChI is InChI=1S/C16H21NO3S/c1-12-5-8-15(9-6-12)21(19,20)17-14-4-2-3-13(11-18)16(17)10-7-14/h5-6,8-9,11,13-14,16H,2-4,7,10H2,1H3. The van der Waals surface area contributed by atoms with Gasteiger partial charge in [0.1, 0.15) is 6.29 Å². The van der Waals surface area contributed by atoms with Crippen molar-refractivity contribution in [3.05, 3.63) is 29.8 Å². The first-order chi connectivity index (χ1) is 10.0. The molecule has 0 saturated carbocycles. The predicted molar refractivity (Wildman–Crippen MR) is 80.4 cm³/mol. The van der Waals surface area contributed by atoms with E-state index < -0.39 is 10.0 Å². The van der Waals surface area contributed by atoms with Crippen molar-refractivity contribution in [2.24, 2.45) is 5.92 Å². The zero-order valence-corrected chi connectivity index (χ0v) is 13.1. The molecule has 2 bridgehead atoms. The van der Waals surface area contributed by atoms with E-state index in [2.05, 4.69) is 0 Å². The van der Waals surface area contributed by atoms with E-state index >= 15 is 0 Å². The van der Waals surface area contributed by atoms with Crippen LogP contribution in [0.1, 0.15) is 37.7 Å². The van der Waals surface area contributed by atoms with E-state index in [1.54, 1.807) is 16.4 Å². The van der Waals surface area contributed by atoms with Gasteiger partial charge in [0.25, 0.3) is 0 Å². The third kappa shape index (κ3) is 2.53. The summed E-state index contributed by atoms with van der Waals surface area (Å²) in [6, 6.07) is 6.90. The summed E-state index contributed by atoms with van der Waals surface area (Å²) in [4.78, 5) is 11.7. The van der Waals surface area contributed by atoms with E-state index in [4.69, 9.17) is 0 Å². The van der Waals surface area contributed by atoms with Crippen LogP contribution in [0.15, 0.2) is 29.2 Å². The van der Waals surface area contributed by atoms with Crippen molar-refractivity contribution in [3.63, 3.8) is 0 Å². The van der Waals surface area contributed by atoms with Crippen molar-refractivity contribution in [1.82, 2.24) is 4.31 Å². The molecular weight excluding hydrogens is 286 g/mol. The predicted octanol–water partition coefficient (Wildman–Crippen LogP) is 2.52. The normalized spacial score (nSPS) is 30.0. The maximum absolute atomic E-state index is 13.0. The van der Waals surface area contributed by atoms with Crippen LogP contribution in [-0.2, 0) is 14.8 Å². The monoisotopic (exact) mass is 307 g/mol. The average Bonchev–Trinajstić information content (AvgIpc) is 2.77. The van der Waals surface area contributed by atoms with E-state index in [1.165, 1.54) is 0 Å². The highest BCUT2D eigenvalue weighted by Crippen LogP contribution is 2.40. The molecule has 0 amide bonds. The van der Waals surface area contributed by atoms with Crippen LogP contribution in [0.2, 0.25) is 0 Å². The maximum atomic E-state index is 13.0. The highest BCUT2D eigenvalue weighted by molar-refractivity contribution is 7.89. The molecule has 1 aromatic rings. The number of carbonyl (C=O) groups excluding carboxylic acids is 1. The smallest absolute Gasteiger partial charge is 0.243 e. The molecule has 2 aliphatic heterocycles. The van der Waals surface area contributed by atoms with Gasteiger partial charge in [-0.2, -0.15) is 4.31 Å². The van der Waals surface area contributed by atoms with E-state index in [1.807, 2.05) is 19.1 Å². The minimum Gasteiger partial charge on any atom is -0.303 e. The molecule has 0 aliphatic carbocycles. The van der Waals surface area contributed by atoms with E-state index in [9.17, 15) is 13.2 Å². The molecule has 2 aliphatic rings. The molecule has 0 aromatic heterocycles. The van der Waals surface area contributed by atoms with Crippen molar-refractivity contribution >= 4 is 16.3 Å². The number of benzene rings is 1. The lowest BCUT2D eigenvalue weighted by Gasteiger charge is -2.29. The molecule has 0 N–H and O–H groups in total. The summed E-state index contributed by atoms with van der Waals surface area (Å²) in [5.41, 5.74) is 1.04. The molecule has 5 heteroatoms. The second-order valence-electron chi connectivity index (χ2n) is 6.18. The number of carbonyl (C=O) groups is 1. The number of hydrogen-bond donors (Lipinski definition) is 0. The number of aryl methyl sites for hydroxylation is 1. The highest BCUT2D eigenvalue weighted by Gasteiger charge is 2.46. The zero-order valence-electron chi connectivity index (χ0n) is 12.2. The molecule has 3 unspecified atom stereocenters. The molecule has 3 atom stereocenters. The van der Waals surface area contributed by atoms with Gasteiger partial charge in [0.15, 0.2) is 0 Å². The van der Waals surface area contributed by atoms with Gasteiger partial charge < -0.3 is 4.79 Å². The molecular formula is C16H21NO3S. The summed E-state index contributed by atoms with van der Waals surface area (Å²) in [7, 11) is -3.51. The Morgan fingerprint density at radius 3 is 2.48 bits per heavy atom. The second-order valence-corrected chi connectivity index (χ2v) is 8.02. The quantitative estimate of drug-likeness (QED) is 0.806. The third-order valence-electron chi connectivity index (χ3n) is 4.82. The topological polar surface area (TPSA) is 54.5 Å². The van der Waals surface area contributed by atoms with E-state index in [0.717, 1.165) is 44.0 Å². The molecule has 114 valence electrons. The highest BCUT2D eigenvalue weighted by atomic mass is 32.2. The minimum atomic E-state index is -3.51.